The van der Waals surface area contributed by atoms with E-state index in [0.29, 0.717) is 11.4 Å². The second kappa shape index (κ2) is 5.79. The molecule has 104 valence electrons. The van der Waals surface area contributed by atoms with Gasteiger partial charge in [0, 0.05) is 31.9 Å². The smallest absolute Gasteiger partial charge is 0.191 e. The quantitative estimate of drug-likeness (QED) is 0.607. The molecular weight excluding hydrogens is 242 g/mol. The first-order chi connectivity index (χ1) is 9.10. The third-order valence-corrected chi connectivity index (χ3v) is 3.28. The van der Waals surface area contributed by atoms with Crippen molar-refractivity contribution in [3.05, 3.63) is 18.2 Å². The molecule has 6 nitrogen and oxygen atoms in total. The van der Waals surface area contributed by atoms with Gasteiger partial charge in [-0.1, -0.05) is 0 Å². The summed E-state index contributed by atoms with van der Waals surface area (Å²) in [6, 6.07) is 5.90. The van der Waals surface area contributed by atoms with E-state index in [2.05, 4.69) is 21.8 Å². The van der Waals surface area contributed by atoms with Crippen LogP contribution in [0.25, 0.3) is 0 Å². The number of rotatable bonds is 3. The number of benzene rings is 1. The average Bonchev–Trinajstić information content (AvgIpc) is 2.39. The largest absolute Gasteiger partial charge is 0.494 e. The highest BCUT2D eigenvalue weighted by Crippen LogP contribution is 2.32. The van der Waals surface area contributed by atoms with Gasteiger partial charge in [0.15, 0.2) is 5.96 Å². The lowest BCUT2D eigenvalue weighted by atomic mass is 10.2. The van der Waals surface area contributed by atoms with Gasteiger partial charge >= 0.3 is 0 Å². The minimum atomic E-state index is 0.0360. The van der Waals surface area contributed by atoms with Gasteiger partial charge < -0.3 is 26.0 Å². The second-order valence-electron chi connectivity index (χ2n) is 4.68. The normalized spacial score (nSPS) is 16.2. The summed E-state index contributed by atoms with van der Waals surface area (Å²) in [6.45, 7) is 4.13. The lowest BCUT2D eigenvalue weighted by Gasteiger charge is -2.34. The third kappa shape index (κ3) is 3.29. The van der Waals surface area contributed by atoms with E-state index in [1.165, 1.54) is 0 Å². The van der Waals surface area contributed by atoms with Gasteiger partial charge in [-0.25, -0.2) is 4.99 Å². The lowest BCUT2D eigenvalue weighted by Crippen LogP contribution is -2.44. The van der Waals surface area contributed by atoms with Crippen molar-refractivity contribution < 1.29 is 4.74 Å². The highest BCUT2D eigenvalue weighted by molar-refractivity contribution is 5.81. The monoisotopic (exact) mass is 263 g/mol. The van der Waals surface area contributed by atoms with E-state index in [0.717, 1.165) is 31.9 Å². The molecule has 19 heavy (non-hydrogen) atoms. The van der Waals surface area contributed by atoms with E-state index in [9.17, 15) is 0 Å². The van der Waals surface area contributed by atoms with Crippen LogP contribution >= 0.6 is 0 Å². The Labute approximate surface area is 113 Å². The van der Waals surface area contributed by atoms with Crippen molar-refractivity contribution in [2.24, 2.45) is 16.5 Å². The van der Waals surface area contributed by atoms with Crippen molar-refractivity contribution in [3.8, 4) is 5.75 Å². The van der Waals surface area contributed by atoms with E-state index in [-0.39, 0.29) is 5.96 Å². The number of likely N-dealkylation sites (N-methyl/N-ethyl adjacent to an activating group) is 1. The number of aliphatic imine (C=N–C) groups is 1. The zero-order chi connectivity index (χ0) is 13.8. The molecule has 1 fully saturated rings. The SMILES string of the molecule is COc1ccc(N2CCN(C)CC2)cc1N=C(N)N. The molecule has 6 heteroatoms. The van der Waals surface area contributed by atoms with E-state index < -0.39 is 0 Å². The van der Waals surface area contributed by atoms with Crippen molar-refractivity contribution in [2.75, 3.05) is 45.2 Å². The van der Waals surface area contributed by atoms with Gasteiger partial charge in [0.2, 0.25) is 0 Å². The van der Waals surface area contributed by atoms with Crippen LogP contribution in [0.15, 0.2) is 23.2 Å². The van der Waals surface area contributed by atoms with Crippen LogP contribution < -0.4 is 21.1 Å². The van der Waals surface area contributed by atoms with Crippen LogP contribution in [-0.4, -0.2) is 51.2 Å². The number of ether oxygens (including phenoxy) is 1. The summed E-state index contributed by atoms with van der Waals surface area (Å²) < 4.78 is 5.26. The van der Waals surface area contributed by atoms with Gasteiger partial charge in [-0.2, -0.15) is 0 Å². The number of hydrogen-bond donors (Lipinski definition) is 2. The van der Waals surface area contributed by atoms with Crippen LogP contribution in [0.3, 0.4) is 0 Å². The Bertz CT molecular complexity index is 462. The van der Waals surface area contributed by atoms with Gasteiger partial charge in [-0.05, 0) is 25.2 Å². The minimum absolute atomic E-state index is 0.0360. The number of guanidine groups is 1. The fraction of sp³-hybridized carbons (Fsp3) is 0.462. The van der Waals surface area contributed by atoms with Crippen LogP contribution in [0.1, 0.15) is 0 Å². The first kappa shape index (κ1) is 13.5. The Hall–Kier alpha value is -1.95. The summed E-state index contributed by atoms with van der Waals surface area (Å²) in [4.78, 5) is 8.75. The van der Waals surface area contributed by atoms with Gasteiger partial charge in [0.05, 0.1) is 7.11 Å². The molecule has 4 N–H and O–H groups in total. The number of methoxy groups -OCH3 is 1. The molecule has 1 aromatic rings. The predicted octanol–water partition coefficient (Wildman–Crippen LogP) is 0.352. The minimum Gasteiger partial charge on any atom is -0.494 e. The molecule has 1 aromatic carbocycles. The van der Waals surface area contributed by atoms with E-state index in [1.54, 1.807) is 7.11 Å². The zero-order valence-electron chi connectivity index (χ0n) is 11.5. The van der Waals surface area contributed by atoms with Crippen molar-refractivity contribution in [3.63, 3.8) is 0 Å². The maximum Gasteiger partial charge on any atom is 0.191 e. The molecule has 1 aliphatic rings. The number of hydrogen-bond acceptors (Lipinski definition) is 4. The fourth-order valence-electron chi connectivity index (χ4n) is 2.17. The number of nitrogens with zero attached hydrogens (tertiary/aromatic N) is 3. The van der Waals surface area contributed by atoms with Crippen molar-refractivity contribution in [1.82, 2.24) is 4.90 Å². The van der Waals surface area contributed by atoms with Crippen molar-refractivity contribution in [2.45, 2.75) is 0 Å². The Morgan fingerprint density at radius 2 is 1.89 bits per heavy atom. The van der Waals surface area contributed by atoms with Gasteiger partial charge in [-0.15, -0.1) is 0 Å². The molecule has 0 unspecified atom stereocenters. The fourth-order valence-corrected chi connectivity index (χ4v) is 2.17. The van der Waals surface area contributed by atoms with Crippen LogP contribution in [0.4, 0.5) is 11.4 Å². The van der Waals surface area contributed by atoms with Gasteiger partial charge in [0.1, 0.15) is 11.4 Å². The van der Waals surface area contributed by atoms with Crippen LogP contribution in [0.5, 0.6) is 5.75 Å². The number of anilines is 1. The summed E-state index contributed by atoms with van der Waals surface area (Å²) in [5.41, 5.74) is 12.7. The summed E-state index contributed by atoms with van der Waals surface area (Å²) in [6.07, 6.45) is 0. The molecule has 0 spiro atoms. The maximum atomic E-state index is 5.45. The summed E-state index contributed by atoms with van der Waals surface area (Å²) in [5.74, 6) is 0.708. The third-order valence-electron chi connectivity index (χ3n) is 3.28. The van der Waals surface area contributed by atoms with Gasteiger partial charge in [0.25, 0.3) is 0 Å². The zero-order valence-corrected chi connectivity index (χ0v) is 11.5. The highest BCUT2D eigenvalue weighted by Gasteiger charge is 2.15. The molecular formula is C13H21N5O. The average molecular weight is 263 g/mol. The molecule has 0 aliphatic carbocycles. The summed E-state index contributed by atoms with van der Waals surface area (Å²) in [5, 5.41) is 0. The standard InChI is InChI=1S/C13H21N5O/c1-17-5-7-18(8-6-17)10-3-4-12(19-2)11(9-10)16-13(14)15/h3-4,9H,5-8H2,1-2H3,(H4,14,15,16). The van der Waals surface area contributed by atoms with Crippen molar-refractivity contribution >= 4 is 17.3 Å². The molecule has 2 rings (SSSR count). The topological polar surface area (TPSA) is 80.1 Å². The molecule has 1 heterocycles. The van der Waals surface area contributed by atoms with E-state index in [1.807, 2.05) is 18.2 Å². The number of nitrogens with two attached hydrogens (primary N) is 2. The Kier molecular flexibility index (Phi) is 4.11. The highest BCUT2D eigenvalue weighted by atomic mass is 16.5. The predicted molar refractivity (Wildman–Crippen MR) is 78.2 cm³/mol. The molecule has 0 radical (unpaired) electrons. The first-order valence-electron chi connectivity index (χ1n) is 6.31. The Morgan fingerprint density at radius 1 is 1.21 bits per heavy atom. The summed E-state index contributed by atoms with van der Waals surface area (Å²) >= 11 is 0. The van der Waals surface area contributed by atoms with E-state index in [4.69, 9.17) is 16.2 Å². The molecule has 1 saturated heterocycles. The second-order valence-corrected chi connectivity index (χ2v) is 4.68. The summed E-state index contributed by atoms with van der Waals surface area (Å²) in [7, 11) is 3.74. The lowest BCUT2D eigenvalue weighted by molar-refractivity contribution is 0.313. The molecule has 0 atom stereocenters. The first-order valence-corrected chi connectivity index (χ1v) is 6.31. The molecule has 0 bridgehead atoms. The van der Waals surface area contributed by atoms with Crippen molar-refractivity contribution in [1.29, 1.82) is 0 Å². The molecule has 0 saturated carbocycles. The number of piperazine rings is 1. The van der Waals surface area contributed by atoms with Crippen LogP contribution in [0.2, 0.25) is 0 Å². The van der Waals surface area contributed by atoms with Gasteiger partial charge in [-0.3, -0.25) is 0 Å². The molecule has 0 aromatic heterocycles. The molecule has 1 aliphatic heterocycles. The van der Waals surface area contributed by atoms with E-state index >= 15 is 0 Å². The van der Waals surface area contributed by atoms with Crippen LogP contribution in [-0.2, 0) is 0 Å². The van der Waals surface area contributed by atoms with Crippen LogP contribution in [0, 0.1) is 0 Å². The Morgan fingerprint density at radius 3 is 2.47 bits per heavy atom. The Balaban J connectivity index is 2.25. The maximum absolute atomic E-state index is 5.45. The molecule has 0 amide bonds.